The van der Waals surface area contributed by atoms with Crippen molar-refractivity contribution in [1.29, 1.82) is 0 Å². The molecular weight excluding hydrogens is 472 g/mol. The van der Waals surface area contributed by atoms with E-state index in [1.807, 2.05) is 41.8 Å². The summed E-state index contributed by atoms with van der Waals surface area (Å²) in [5, 5.41) is 5.50. The standard InChI is InChI=1S/C25H24N4O3S.ClH/c1-31-19-9-5-17(6-10-19)21-16-33-25(26-21)27-23(30)15-28-14-22(29-13-3-4-24(28)29)18-7-11-20(32-2)12-8-18;/h5-12,14,16H,3-4,13,15H2,1-2H3;1H. The van der Waals surface area contributed by atoms with Gasteiger partial charge in [0, 0.05) is 16.5 Å². The number of rotatable bonds is 7. The molecule has 0 spiro atoms. The quantitative estimate of drug-likeness (QED) is 0.390. The van der Waals surface area contributed by atoms with Gasteiger partial charge < -0.3 is 21.9 Å². The first-order valence-electron chi connectivity index (χ1n) is 10.8. The van der Waals surface area contributed by atoms with Crippen molar-refractivity contribution >= 4 is 22.4 Å². The molecule has 5 rings (SSSR count). The number of hydrogen-bond donors (Lipinski definition) is 1. The zero-order valence-electron chi connectivity index (χ0n) is 19.0. The number of imidazole rings is 1. The van der Waals surface area contributed by atoms with Gasteiger partial charge in [-0.25, -0.2) is 14.1 Å². The van der Waals surface area contributed by atoms with Gasteiger partial charge in [0.05, 0.1) is 32.9 Å². The van der Waals surface area contributed by atoms with Crippen LogP contribution in [0.5, 0.6) is 11.5 Å². The van der Waals surface area contributed by atoms with E-state index in [0.29, 0.717) is 5.13 Å². The van der Waals surface area contributed by atoms with Gasteiger partial charge in [-0.15, -0.1) is 11.3 Å². The van der Waals surface area contributed by atoms with Crippen LogP contribution in [0.3, 0.4) is 0 Å². The summed E-state index contributed by atoms with van der Waals surface area (Å²) in [5.41, 5.74) is 4.05. The largest absolute Gasteiger partial charge is 1.00 e. The van der Waals surface area contributed by atoms with Crippen LogP contribution < -0.4 is 31.8 Å². The molecule has 0 saturated heterocycles. The first-order chi connectivity index (χ1) is 16.1. The molecule has 176 valence electrons. The third kappa shape index (κ3) is 4.78. The van der Waals surface area contributed by atoms with Crippen molar-refractivity contribution in [3.05, 3.63) is 65.9 Å². The fourth-order valence-corrected chi connectivity index (χ4v) is 4.91. The molecule has 0 aliphatic carbocycles. The lowest BCUT2D eigenvalue weighted by Gasteiger charge is -2.02. The number of benzene rings is 2. The fraction of sp³-hybridized carbons (Fsp3) is 0.240. The van der Waals surface area contributed by atoms with Crippen molar-refractivity contribution in [2.75, 3.05) is 19.5 Å². The Labute approximate surface area is 208 Å². The molecule has 1 aliphatic rings. The molecule has 2 aromatic heterocycles. The molecule has 1 amide bonds. The summed E-state index contributed by atoms with van der Waals surface area (Å²) in [6.45, 7) is 1.21. The Bertz CT molecular complexity index is 1280. The topological polar surface area (TPSA) is 69.3 Å². The number of thiazole rings is 1. The molecule has 0 radical (unpaired) electrons. The minimum absolute atomic E-state index is 0. The number of anilines is 1. The predicted octanol–water partition coefficient (Wildman–Crippen LogP) is 1.17. The molecule has 1 aliphatic heterocycles. The lowest BCUT2D eigenvalue weighted by atomic mass is 10.1. The van der Waals surface area contributed by atoms with E-state index >= 15 is 0 Å². The number of nitrogens with zero attached hydrogens (tertiary/aromatic N) is 3. The van der Waals surface area contributed by atoms with Crippen molar-refractivity contribution in [2.45, 2.75) is 25.9 Å². The molecule has 0 bridgehead atoms. The number of ether oxygens (including phenoxy) is 2. The molecule has 0 saturated carbocycles. The molecule has 9 heteroatoms. The summed E-state index contributed by atoms with van der Waals surface area (Å²) in [7, 11) is 3.31. The maximum absolute atomic E-state index is 12.8. The molecule has 4 aromatic rings. The molecule has 0 unspecified atom stereocenters. The Balaban J connectivity index is 0.00000274. The van der Waals surface area contributed by atoms with Crippen LogP contribution >= 0.6 is 11.3 Å². The first-order valence-corrected chi connectivity index (χ1v) is 11.7. The number of carbonyl (C=O) groups is 1. The fourth-order valence-electron chi connectivity index (χ4n) is 4.18. The molecule has 0 fully saturated rings. The highest BCUT2D eigenvalue weighted by atomic mass is 35.5. The molecule has 2 aromatic carbocycles. The van der Waals surface area contributed by atoms with Gasteiger partial charge in [-0.1, -0.05) is 0 Å². The molecule has 1 N–H and O–H groups in total. The third-order valence-corrected chi connectivity index (χ3v) is 6.59. The summed E-state index contributed by atoms with van der Waals surface area (Å²) in [6, 6.07) is 15.8. The third-order valence-electron chi connectivity index (χ3n) is 5.83. The van der Waals surface area contributed by atoms with Gasteiger partial charge in [-0.05, 0) is 55.0 Å². The Morgan fingerprint density at radius 3 is 2.35 bits per heavy atom. The number of nitrogens with one attached hydrogen (secondary N) is 1. The van der Waals surface area contributed by atoms with Crippen molar-refractivity contribution < 1.29 is 31.2 Å². The first kappa shape index (κ1) is 23.8. The van der Waals surface area contributed by atoms with Crippen LogP contribution in [0.2, 0.25) is 0 Å². The Kier molecular flexibility index (Phi) is 7.19. The second-order valence-electron chi connectivity index (χ2n) is 7.86. The summed E-state index contributed by atoms with van der Waals surface area (Å²) in [4.78, 5) is 17.4. The molecule has 34 heavy (non-hydrogen) atoms. The minimum Gasteiger partial charge on any atom is -1.00 e. The van der Waals surface area contributed by atoms with Crippen LogP contribution in [0, 0.1) is 0 Å². The van der Waals surface area contributed by atoms with Crippen LogP contribution in [-0.4, -0.2) is 29.7 Å². The number of halogens is 1. The highest BCUT2D eigenvalue weighted by molar-refractivity contribution is 7.14. The summed E-state index contributed by atoms with van der Waals surface area (Å²) < 4.78 is 14.8. The van der Waals surface area contributed by atoms with E-state index in [0.717, 1.165) is 53.4 Å². The zero-order valence-corrected chi connectivity index (χ0v) is 20.5. The van der Waals surface area contributed by atoms with E-state index in [1.54, 1.807) is 14.2 Å². The minimum atomic E-state index is -0.0859. The maximum Gasteiger partial charge on any atom is 0.268 e. The van der Waals surface area contributed by atoms with E-state index in [2.05, 4.69) is 37.8 Å². The van der Waals surface area contributed by atoms with Gasteiger partial charge in [0.1, 0.15) is 17.7 Å². The maximum atomic E-state index is 12.8. The van der Waals surface area contributed by atoms with Gasteiger partial charge in [0.2, 0.25) is 0 Å². The highest BCUT2D eigenvalue weighted by Crippen LogP contribution is 2.28. The summed E-state index contributed by atoms with van der Waals surface area (Å²) >= 11 is 1.42. The second-order valence-corrected chi connectivity index (χ2v) is 8.71. The van der Waals surface area contributed by atoms with Crippen molar-refractivity contribution in [3.63, 3.8) is 0 Å². The average Bonchev–Trinajstić information content (AvgIpc) is 3.58. The predicted molar refractivity (Wildman–Crippen MR) is 128 cm³/mol. The molecule has 0 atom stereocenters. The van der Waals surface area contributed by atoms with Crippen LogP contribution in [0.25, 0.3) is 22.5 Å². The van der Waals surface area contributed by atoms with Gasteiger partial charge in [0.15, 0.2) is 17.4 Å². The van der Waals surface area contributed by atoms with Gasteiger partial charge in [-0.2, -0.15) is 0 Å². The number of methoxy groups -OCH3 is 2. The Hall–Kier alpha value is -3.36. The van der Waals surface area contributed by atoms with Crippen LogP contribution in [0.1, 0.15) is 12.2 Å². The number of hydrogen-bond acceptors (Lipinski definition) is 5. The lowest BCUT2D eigenvalue weighted by molar-refractivity contribution is -0.690. The monoisotopic (exact) mass is 496 g/mol. The normalized spacial score (nSPS) is 12.1. The van der Waals surface area contributed by atoms with Crippen LogP contribution in [-0.2, 0) is 24.3 Å². The number of amides is 1. The van der Waals surface area contributed by atoms with Crippen LogP contribution in [0.4, 0.5) is 5.13 Å². The molecule has 7 nitrogen and oxygen atoms in total. The summed E-state index contributed by atoms with van der Waals surface area (Å²) in [5.74, 6) is 2.72. The van der Waals surface area contributed by atoms with E-state index in [4.69, 9.17) is 9.47 Å². The molecule has 3 heterocycles. The van der Waals surface area contributed by atoms with Crippen molar-refractivity contribution in [2.24, 2.45) is 0 Å². The van der Waals surface area contributed by atoms with E-state index in [-0.39, 0.29) is 24.9 Å². The van der Waals surface area contributed by atoms with Gasteiger partial charge >= 0.3 is 0 Å². The van der Waals surface area contributed by atoms with E-state index in [9.17, 15) is 4.79 Å². The summed E-state index contributed by atoms with van der Waals surface area (Å²) in [6.07, 6.45) is 4.11. The molecular formula is C25H25ClN4O3S. The van der Waals surface area contributed by atoms with E-state index in [1.165, 1.54) is 17.2 Å². The lowest BCUT2D eigenvalue weighted by Crippen LogP contribution is -3.00. The van der Waals surface area contributed by atoms with Gasteiger partial charge in [0.25, 0.3) is 11.7 Å². The zero-order chi connectivity index (χ0) is 22.8. The number of fused-ring (bicyclic) bond motifs is 1. The van der Waals surface area contributed by atoms with Crippen molar-refractivity contribution in [3.8, 4) is 34.0 Å². The highest BCUT2D eigenvalue weighted by Gasteiger charge is 2.29. The van der Waals surface area contributed by atoms with Gasteiger partial charge in [-0.3, -0.25) is 10.1 Å². The van der Waals surface area contributed by atoms with E-state index < -0.39 is 0 Å². The number of carbonyl (C=O) groups excluding carboxylic acids is 1. The Morgan fingerprint density at radius 1 is 1.06 bits per heavy atom. The Morgan fingerprint density at radius 2 is 1.71 bits per heavy atom. The number of aromatic nitrogens is 3. The van der Waals surface area contributed by atoms with Crippen LogP contribution in [0.15, 0.2) is 60.1 Å². The smallest absolute Gasteiger partial charge is 0.268 e. The average molecular weight is 497 g/mol. The SMILES string of the molecule is COc1ccc(-c2csc(NC(=O)C[n+]3cc(-c4ccc(OC)cc4)n4c3CCC4)n2)cc1.[Cl-]. The van der Waals surface area contributed by atoms with Crippen molar-refractivity contribution in [1.82, 2.24) is 9.55 Å². The second kappa shape index (κ2) is 10.3.